The van der Waals surface area contributed by atoms with Gasteiger partial charge in [-0.3, -0.25) is 19.0 Å². The molecule has 48 heavy (non-hydrogen) atoms. The summed E-state index contributed by atoms with van der Waals surface area (Å²) in [4.78, 5) is 39.9. The zero-order valence-electron chi connectivity index (χ0n) is 26.0. The molecule has 0 radical (unpaired) electrons. The van der Waals surface area contributed by atoms with Crippen LogP contribution in [0.25, 0.3) is 11.1 Å². The van der Waals surface area contributed by atoms with Crippen molar-refractivity contribution >= 4 is 27.8 Å². The highest BCUT2D eigenvalue weighted by atomic mass is 79.9. The van der Waals surface area contributed by atoms with Gasteiger partial charge in [0.15, 0.2) is 0 Å². The Balaban J connectivity index is 1.89. The maximum Gasteiger partial charge on any atom is 0.416 e. The van der Waals surface area contributed by atoms with Gasteiger partial charge in [-0.1, -0.05) is 15.9 Å². The van der Waals surface area contributed by atoms with Crippen molar-refractivity contribution in [2.45, 2.75) is 45.5 Å². The number of halogens is 6. The Hall–Kier alpha value is -4.72. The van der Waals surface area contributed by atoms with E-state index in [-0.39, 0.29) is 34.0 Å². The molecule has 14 heteroatoms. The van der Waals surface area contributed by atoms with Crippen LogP contribution < -0.4 is 15.6 Å². The molecule has 0 aliphatic heterocycles. The van der Waals surface area contributed by atoms with Crippen molar-refractivity contribution in [1.82, 2.24) is 9.88 Å². The predicted molar refractivity (Wildman–Crippen MR) is 170 cm³/mol. The quantitative estimate of drug-likeness (QED) is 0.131. The highest BCUT2D eigenvalue weighted by Gasteiger charge is 2.34. The van der Waals surface area contributed by atoms with Crippen molar-refractivity contribution in [3.05, 3.63) is 115 Å². The zero-order chi connectivity index (χ0) is 35.5. The fourth-order valence-electron chi connectivity index (χ4n) is 5.32. The van der Waals surface area contributed by atoms with Crippen LogP contribution >= 0.6 is 15.9 Å². The van der Waals surface area contributed by atoms with Gasteiger partial charge in [0.2, 0.25) is 5.91 Å². The molecule has 4 aromatic rings. The number of hydrogen-bond acceptors (Lipinski definition) is 6. The Morgan fingerprint density at radius 1 is 1.00 bits per heavy atom. The molecule has 1 heterocycles. The number of nitrogens with one attached hydrogen (secondary N) is 1. The topological polar surface area (TPSA) is 107 Å². The maximum absolute atomic E-state index is 15.9. The third-order valence-electron chi connectivity index (χ3n) is 7.52. The van der Waals surface area contributed by atoms with E-state index < -0.39 is 64.9 Å². The van der Waals surface area contributed by atoms with Crippen LogP contribution in [-0.2, 0) is 20.5 Å². The van der Waals surface area contributed by atoms with E-state index in [0.29, 0.717) is 39.3 Å². The van der Waals surface area contributed by atoms with Crippen LogP contribution in [0.2, 0.25) is 0 Å². The second kappa shape index (κ2) is 14.6. The summed E-state index contributed by atoms with van der Waals surface area (Å²) in [6.45, 7) is 4.61. The van der Waals surface area contributed by atoms with Crippen LogP contribution in [0.1, 0.15) is 53.2 Å². The first-order valence-electron chi connectivity index (χ1n) is 14.4. The maximum atomic E-state index is 15.9. The number of alkyl halides is 3. The molecule has 1 aromatic heterocycles. The van der Waals surface area contributed by atoms with E-state index in [1.165, 1.54) is 51.3 Å². The van der Waals surface area contributed by atoms with Crippen LogP contribution in [0.5, 0.6) is 11.5 Å². The van der Waals surface area contributed by atoms with E-state index in [4.69, 9.17) is 9.47 Å². The second-order valence-electron chi connectivity index (χ2n) is 10.8. The highest BCUT2D eigenvalue weighted by Crippen LogP contribution is 2.39. The molecule has 1 amide bonds. The first kappa shape index (κ1) is 36.1. The van der Waals surface area contributed by atoms with Crippen molar-refractivity contribution in [1.29, 1.82) is 0 Å². The number of methoxy groups -OCH3 is 1. The third kappa shape index (κ3) is 7.87. The lowest BCUT2D eigenvalue weighted by Crippen LogP contribution is -2.41. The minimum Gasteiger partial charge on any atom is -0.507 e. The summed E-state index contributed by atoms with van der Waals surface area (Å²) in [5, 5.41) is 13.3. The number of nitrogens with zero attached hydrogens (tertiary/aromatic N) is 1. The molecule has 8 nitrogen and oxygen atoms in total. The molecule has 2 atom stereocenters. The average molecular weight is 738 g/mol. The lowest BCUT2D eigenvalue weighted by molar-refractivity contribution is -0.144. The molecular formula is C34H30BrF5N2O6. The summed E-state index contributed by atoms with van der Waals surface area (Å²) in [6, 6.07) is 6.69. The van der Waals surface area contributed by atoms with E-state index in [1.807, 2.05) is 0 Å². The Bertz CT molecular complexity index is 1900. The van der Waals surface area contributed by atoms with Crippen molar-refractivity contribution in [2.24, 2.45) is 0 Å². The summed E-state index contributed by atoms with van der Waals surface area (Å²) >= 11 is 3.17. The molecular weight excluding hydrogens is 707 g/mol. The lowest BCUT2D eigenvalue weighted by Gasteiger charge is -2.26. The Morgan fingerprint density at radius 2 is 1.71 bits per heavy atom. The number of pyridine rings is 1. The largest absolute Gasteiger partial charge is 0.507 e. The first-order valence-corrected chi connectivity index (χ1v) is 15.2. The van der Waals surface area contributed by atoms with E-state index in [0.717, 1.165) is 6.07 Å². The molecule has 0 saturated heterocycles. The monoisotopic (exact) mass is 736 g/mol. The standard InChI is InChI=1S/C34H30BrF5N2O6/c1-5-48-29(45)16-26(24-12-19(10-18(3)31(24)37)30-17(2)11-22(47-4)15-27(30)43)41-33(46)32(23-14-21(35)6-7-25(23)36)42-9-8-20(13-28(42)44)34(38,39)40/h6-15,26,32,43H,5,16H2,1-4H3,(H,41,46)/t26-,32?/m0/s1. The van der Waals surface area contributed by atoms with Gasteiger partial charge < -0.3 is 19.9 Å². The van der Waals surface area contributed by atoms with Crippen molar-refractivity contribution in [3.8, 4) is 22.6 Å². The number of benzene rings is 3. The molecule has 0 bridgehead atoms. The number of carbonyl (C=O) groups is 2. The number of aromatic nitrogens is 1. The van der Waals surface area contributed by atoms with Gasteiger partial charge in [0, 0.05) is 39.5 Å². The van der Waals surface area contributed by atoms with E-state index in [9.17, 15) is 32.7 Å². The van der Waals surface area contributed by atoms with Gasteiger partial charge >= 0.3 is 12.1 Å². The molecule has 0 saturated carbocycles. The fraction of sp³-hybridized carbons (Fsp3) is 0.265. The van der Waals surface area contributed by atoms with Crippen LogP contribution in [0.4, 0.5) is 22.0 Å². The van der Waals surface area contributed by atoms with Gasteiger partial charge in [0.25, 0.3) is 5.56 Å². The fourth-order valence-corrected chi connectivity index (χ4v) is 5.70. The number of aromatic hydroxyl groups is 1. The normalized spacial score (nSPS) is 12.7. The minimum atomic E-state index is -4.88. The first-order chi connectivity index (χ1) is 22.5. The highest BCUT2D eigenvalue weighted by molar-refractivity contribution is 9.10. The number of aryl methyl sites for hydroxylation is 2. The van der Waals surface area contributed by atoms with Gasteiger partial charge in [-0.2, -0.15) is 13.2 Å². The summed E-state index contributed by atoms with van der Waals surface area (Å²) < 4.78 is 82.4. The number of amides is 1. The summed E-state index contributed by atoms with van der Waals surface area (Å²) in [7, 11) is 1.42. The van der Waals surface area contributed by atoms with E-state index >= 15 is 8.78 Å². The second-order valence-corrected chi connectivity index (χ2v) is 11.7. The van der Waals surface area contributed by atoms with Crippen LogP contribution in [0.15, 0.2) is 70.1 Å². The molecule has 0 spiro atoms. The molecule has 3 aromatic carbocycles. The predicted octanol–water partition coefficient (Wildman–Crippen LogP) is 7.31. The molecule has 0 fully saturated rings. The van der Waals surface area contributed by atoms with Gasteiger partial charge in [-0.15, -0.1) is 0 Å². The number of phenols is 1. The van der Waals surface area contributed by atoms with Crippen LogP contribution in [-0.4, -0.2) is 35.3 Å². The van der Waals surface area contributed by atoms with Crippen LogP contribution in [0.3, 0.4) is 0 Å². The molecule has 254 valence electrons. The number of phenolic OH excluding ortho intramolecular Hbond substituents is 1. The number of hydrogen-bond donors (Lipinski definition) is 2. The number of ether oxygens (including phenoxy) is 2. The summed E-state index contributed by atoms with van der Waals surface area (Å²) in [5.41, 5.74) is -1.91. The lowest BCUT2D eigenvalue weighted by atomic mass is 9.92. The summed E-state index contributed by atoms with van der Waals surface area (Å²) in [6.07, 6.45) is -4.79. The van der Waals surface area contributed by atoms with Gasteiger partial charge in [0.1, 0.15) is 29.2 Å². The SMILES string of the molecule is CCOC(=O)C[C@H](NC(=O)C(c1cc(Br)ccc1F)n1ccc(C(F)(F)F)cc1=O)c1cc(-c2c(C)cc(OC)cc2O)cc(C)c1F. The average Bonchev–Trinajstić information content (AvgIpc) is 3.00. The number of esters is 1. The number of carbonyl (C=O) groups excluding carboxylic acids is 2. The Kier molecular flexibility index (Phi) is 11.0. The van der Waals surface area contributed by atoms with Crippen molar-refractivity contribution in [3.63, 3.8) is 0 Å². The van der Waals surface area contributed by atoms with Crippen LogP contribution in [0, 0.1) is 25.5 Å². The molecule has 2 N–H and O–H groups in total. The Labute approximate surface area is 280 Å². The van der Waals surface area contributed by atoms with Crippen molar-refractivity contribution < 1.29 is 46.1 Å². The molecule has 0 aliphatic rings. The van der Waals surface area contributed by atoms with Crippen molar-refractivity contribution in [2.75, 3.05) is 13.7 Å². The smallest absolute Gasteiger partial charge is 0.416 e. The third-order valence-corrected chi connectivity index (χ3v) is 8.01. The van der Waals surface area contributed by atoms with Gasteiger partial charge in [-0.05, 0) is 79.9 Å². The van der Waals surface area contributed by atoms with Gasteiger partial charge in [0.05, 0.1) is 31.7 Å². The molecule has 0 aliphatic carbocycles. The zero-order valence-corrected chi connectivity index (χ0v) is 27.6. The molecule has 1 unspecified atom stereocenters. The van der Waals surface area contributed by atoms with E-state index in [1.54, 1.807) is 13.0 Å². The summed E-state index contributed by atoms with van der Waals surface area (Å²) in [5.74, 6) is -3.61. The van der Waals surface area contributed by atoms with E-state index in [2.05, 4.69) is 21.2 Å². The number of rotatable bonds is 10. The molecule has 4 rings (SSSR count). The minimum absolute atomic E-state index is 0.0488. The Morgan fingerprint density at radius 3 is 2.31 bits per heavy atom. The van der Waals surface area contributed by atoms with Gasteiger partial charge in [-0.25, -0.2) is 8.78 Å².